The maximum Gasteiger partial charge on any atom is 0.162 e. The van der Waals surface area contributed by atoms with Crippen LogP contribution in [0.2, 0.25) is 0 Å². The van der Waals surface area contributed by atoms with Gasteiger partial charge in [0.1, 0.15) is 24.7 Å². The first-order valence-corrected chi connectivity index (χ1v) is 7.53. The topological polar surface area (TPSA) is 61.8 Å². The van der Waals surface area contributed by atoms with Crippen LogP contribution in [-0.4, -0.2) is 29.1 Å². The maximum atomic E-state index is 13.6. The van der Waals surface area contributed by atoms with Gasteiger partial charge < -0.3 is 19.6 Å². The van der Waals surface area contributed by atoms with Gasteiger partial charge in [0.15, 0.2) is 11.5 Å². The molecule has 0 unspecified atom stereocenters. The number of hydrogen-bond acceptors (Lipinski definition) is 4. The summed E-state index contributed by atoms with van der Waals surface area (Å²) in [6, 6.07) is 8.79. The lowest BCUT2D eigenvalue weighted by molar-refractivity contribution is 0.171. The molecule has 2 N–H and O–H groups in total. The van der Waals surface area contributed by atoms with Crippen molar-refractivity contribution in [3.05, 3.63) is 48.0 Å². The van der Waals surface area contributed by atoms with Crippen LogP contribution in [0.1, 0.15) is 5.69 Å². The van der Waals surface area contributed by atoms with E-state index in [-0.39, 0.29) is 5.82 Å². The second-order valence-electron chi connectivity index (χ2n) is 5.38. The van der Waals surface area contributed by atoms with E-state index in [1.807, 2.05) is 18.2 Å². The van der Waals surface area contributed by atoms with Gasteiger partial charge in [-0.05, 0) is 36.9 Å². The molecular weight excluding hydrogens is 297 g/mol. The molecule has 0 fully saturated rings. The number of halogens is 1. The van der Waals surface area contributed by atoms with Crippen molar-refractivity contribution in [2.24, 2.45) is 5.73 Å². The molecule has 0 saturated carbocycles. The zero-order valence-electron chi connectivity index (χ0n) is 12.5. The molecule has 118 valence electrons. The van der Waals surface area contributed by atoms with Crippen LogP contribution in [0.15, 0.2) is 36.5 Å². The smallest absolute Gasteiger partial charge is 0.162 e. The lowest BCUT2D eigenvalue weighted by atomic mass is 10.1. The van der Waals surface area contributed by atoms with E-state index in [9.17, 15) is 4.39 Å². The van der Waals surface area contributed by atoms with Crippen LogP contribution in [0.4, 0.5) is 4.39 Å². The highest BCUT2D eigenvalue weighted by molar-refractivity contribution is 5.69. The Balaban J connectivity index is 1.89. The monoisotopic (exact) mass is 313 g/mol. The zero-order chi connectivity index (χ0) is 15.8. The summed E-state index contributed by atoms with van der Waals surface area (Å²) in [4.78, 5) is 4.64. The minimum atomic E-state index is -0.304. The molecule has 1 aliphatic heterocycles. The van der Waals surface area contributed by atoms with E-state index in [1.54, 1.807) is 10.5 Å². The summed E-state index contributed by atoms with van der Waals surface area (Å²) in [6.45, 7) is 1.54. The molecule has 0 aliphatic carbocycles. The molecule has 0 spiro atoms. The van der Waals surface area contributed by atoms with Crippen LogP contribution in [0.25, 0.3) is 16.9 Å². The molecule has 6 heteroatoms. The quantitative estimate of drug-likeness (QED) is 0.806. The lowest BCUT2D eigenvalue weighted by Crippen LogP contribution is -2.15. The van der Waals surface area contributed by atoms with Crippen LogP contribution in [0, 0.1) is 5.82 Å². The van der Waals surface area contributed by atoms with Crippen LogP contribution in [0.3, 0.4) is 0 Å². The van der Waals surface area contributed by atoms with Gasteiger partial charge in [-0.3, -0.25) is 0 Å². The van der Waals surface area contributed by atoms with E-state index in [0.29, 0.717) is 37.6 Å². The Morgan fingerprint density at radius 1 is 1.13 bits per heavy atom. The van der Waals surface area contributed by atoms with E-state index >= 15 is 0 Å². The molecule has 0 radical (unpaired) electrons. The Kier molecular flexibility index (Phi) is 3.38. The fourth-order valence-corrected chi connectivity index (χ4v) is 2.86. The van der Waals surface area contributed by atoms with E-state index in [0.717, 1.165) is 22.7 Å². The first kappa shape index (κ1) is 14.0. The van der Waals surface area contributed by atoms with Gasteiger partial charge in [0, 0.05) is 18.2 Å². The van der Waals surface area contributed by atoms with Crippen LogP contribution < -0.4 is 15.2 Å². The molecular formula is C17H16FN3O2. The van der Waals surface area contributed by atoms with E-state index in [1.165, 1.54) is 12.3 Å². The summed E-state index contributed by atoms with van der Waals surface area (Å²) in [7, 11) is 0. The van der Waals surface area contributed by atoms with Gasteiger partial charge in [-0.15, -0.1) is 0 Å². The Hall–Kier alpha value is -2.60. The summed E-state index contributed by atoms with van der Waals surface area (Å²) in [5.74, 6) is 1.13. The fourth-order valence-electron chi connectivity index (χ4n) is 2.86. The number of pyridine rings is 1. The minimum absolute atomic E-state index is 0.304. The molecule has 3 aromatic rings. The summed E-state index contributed by atoms with van der Waals surface area (Å²) in [5.41, 5.74) is 9.00. The Labute approximate surface area is 132 Å². The first-order valence-electron chi connectivity index (χ1n) is 7.53. The molecule has 0 bridgehead atoms. The third-order valence-electron chi connectivity index (χ3n) is 3.88. The van der Waals surface area contributed by atoms with Crippen molar-refractivity contribution < 1.29 is 13.9 Å². The van der Waals surface area contributed by atoms with Gasteiger partial charge >= 0.3 is 0 Å². The highest BCUT2D eigenvalue weighted by atomic mass is 19.1. The molecule has 23 heavy (non-hydrogen) atoms. The van der Waals surface area contributed by atoms with Crippen molar-refractivity contribution in [1.82, 2.24) is 9.38 Å². The van der Waals surface area contributed by atoms with Gasteiger partial charge in [0.2, 0.25) is 0 Å². The number of hydrogen-bond donors (Lipinski definition) is 1. The number of imidazole rings is 1. The third kappa shape index (κ3) is 2.41. The molecule has 1 aromatic carbocycles. The molecule has 4 rings (SSSR count). The molecule has 2 aromatic heterocycles. The predicted octanol–water partition coefficient (Wildman–Crippen LogP) is 2.41. The van der Waals surface area contributed by atoms with E-state index in [4.69, 9.17) is 15.2 Å². The van der Waals surface area contributed by atoms with Crippen molar-refractivity contribution in [2.75, 3.05) is 19.8 Å². The number of fused-ring (bicyclic) bond motifs is 2. The average molecular weight is 313 g/mol. The summed E-state index contributed by atoms with van der Waals surface area (Å²) in [6.07, 6.45) is 2.04. The predicted molar refractivity (Wildman–Crippen MR) is 84.3 cm³/mol. The number of nitrogens with zero attached hydrogens (tertiary/aromatic N) is 2. The van der Waals surface area contributed by atoms with Crippen LogP contribution in [0.5, 0.6) is 11.5 Å². The molecule has 1 aliphatic rings. The number of ether oxygens (including phenoxy) is 2. The number of benzene rings is 1. The summed E-state index contributed by atoms with van der Waals surface area (Å²) >= 11 is 0. The Morgan fingerprint density at radius 2 is 1.96 bits per heavy atom. The van der Waals surface area contributed by atoms with Crippen molar-refractivity contribution in [3.8, 4) is 22.8 Å². The van der Waals surface area contributed by atoms with Crippen molar-refractivity contribution >= 4 is 5.65 Å². The van der Waals surface area contributed by atoms with Crippen molar-refractivity contribution in [2.45, 2.75) is 6.42 Å². The Bertz CT molecular complexity index is 876. The maximum absolute atomic E-state index is 13.6. The molecule has 0 atom stereocenters. The second kappa shape index (κ2) is 5.55. The molecule has 5 nitrogen and oxygen atoms in total. The average Bonchev–Trinajstić information content (AvgIpc) is 2.93. The zero-order valence-corrected chi connectivity index (χ0v) is 12.5. The highest BCUT2D eigenvalue weighted by Crippen LogP contribution is 2.35. The number of nitrogens with two attached hydrogens (primary N) is 1. The van der Waals surface area contributed by atoms with Gasteiger partial charge in [0.25, 0.3) is 0 Å². The van der Waals surface area contributed by atoms with Crippen LogP contribution >= 0.6 is 0 Å². The third-order valence-corrected chi connectivity index (χ3v) is 3.88. The van der Waals surface area contributed by atoms with E-state index < -0.39 is 0 Å². The first-order chi connectivity index (χ1) is 11.3. The highest BCUT2D eigenvalue weighted by Gasteiger charge is 2.17. The normalized spacial score (nSPS) is 13.5. The fraction of sp³-hybridized carbons (Fsp3) is 0.235. The molecule has 0 saturated heterocycles. The summed E-state index contributed by atoms with van der Waals surface area (Å²) in [5, 5.41) is 0. The second-order valence-corrected chi connectivity index (χ2v) is 5.38. The largest absolute Gasteiger partial charge is 0.486 e. The number of rotatable bonds is 3. The van der Waals surface area contributed by atoms with Crippen LogP contribution in [-0.2, 0) is 6.42 Å². The van der Waals surface area contributed by atoms with E-state index in [2.05, 4.69) is 4.98 Å². The van der Waals surface area contributed by atoms with Gasteiger partial charge in [-0.2, -0.15) is 0 Å². The van der Waals surface area contributed by atoms with Gasteiger partial charge in [0.05, 0.1) is 11.4 Å². The molecule has 3 heterocycles. The SMILES string of the molecule is NCCc1c(-c2ccc3c(c2)OCCO3)nc2ccc(F)cn12. The summed E-state index contributed by atoms with van der Waals surface area (Å²) < 4.78 is 26.5. The number of aromatic nitrogens is 2. The van der Waals surface area contributed by atoms with Crippen molar-refractivity contribution in [1.29, 1.82) is 0 Å². The van der Waals surface area contributed by atoms with Gasteiger partial charge in [-0.25, -0.2) is 9.37 Å². The van der Waals surface area contributed by atoms with Crippen molar-refractivity contribution in [3.63, 3.8) is 0 Å². The standard InChI is InChI=1S/C17H16FN3O2/c18-12-2-4-16-20-17(13(5-6-19)21(16)10-12)11-1-3-14-15(9-11)23-8-7-22-14/h1-4,9-10H,5-8,19H2. The Morgan fingerprint density at radius 3 is 2.78 bits per heavy atom. The minimum Gasteiger partial charge on any atom is -0.486 e. The molecule has 0 amide bonds. The lowest BCUT2D eigenvalue weighted by Gasteiger charge is -2.18. The van der Waals surface area contributed by atoms with Gasteiger partial charge in [-0.1, -0.05) is 0 Å².